The van der Waals surface area contributed by atoms with Gasteiger partial charge >= 0.3 is 12.2 Å². The number of carbonyl (C=O) groups is 4. The zero-order valence-corrected chi connectivity index (χ0v) is 41.7. The second kappa shape index (κ2) is 23.2. The first-order valence-electron chi connectivity index (χ1n) is 24.5. The summed E-state index contributed by atoms with van der Waals surface area (Å²) in [6.45, 7) is 16.8. The van der Waals surface area contributed by atoms with Crippen molar-refractivity contribution in [3.8, 4) is 28.1 Å². The van der Waals surface area contributed by atoms with E-state index in [9.17, 15) is 19.2 Å². The van der Waals surface area contributed by atoms with Gasteiger partial charge in [-0.1, -0.05) is 72.6 Å². The lowest BCUT2D eigenvalue weighted by Gasteiger charge is -2.47. The Bertz CT molecular complexity index is 2540. The number of aromatic amines is 2. The molecule has 2 unspecified atom stereocenters. The number of H-pyrrole nitrogens is 2. The van der Waals surface area contributed by atoms with Crippen molar-refractivity contribution in [3.05, 3.63) is 65.9 Å². The Hall–Kier alpha value is -6.16. The Balaban J connectivity index is 0.00000146. The lowest BCUT2D eigenvalue weighted by Crippen LogP contribution is -2.57. The number of ether oxygens (including phenoxy) is 4. The zero-order valence-electron chi connectivity index (χ0n) is 41.7. The van der Waals surface area contributed by atoms with Gasteiger partial charge in [-0.05, 0) is 105 Å². The van der Waals surface area contributed by atoms with E-state index in [-0.39, 0.29) is 55.7 Å². The van der Waals surface area contributed by atoms with Gasteiger partial charge in [0.05, 0.1) is 67.5 Å². The van der Waals surface area contributed by atoms with Crippen molar-refractivity contribution < 1.29 is 38.1 Å². The van der Waals surface area contributed by atoms with Crippen LogP contribution in [0.15, 0.2) is 48.7 Å². The molecule has 0 spiro atoms. The molecule has 368 valence electrons. The normalized spacial score (nSPS) is 19.8. The lowest BCUT2D eigenvalue weighted by molar-refractivity contribution is -0.166. The second-order valence-electron chi connectivity index (χ2n) is 17.9. The van der Waals surface area contributed by atoms with Crippen molar-refractivity contribution in [1.82, 2.24) is 40.4 Å². The summed E-state index contributed by atoms with van der Waals surface area (Å²) < 4.78 is 22.4. The Morgan fingerprint density at radius 1 is 0.941 bits per heavy atom. The highest BCUT2D eigenvalue weighted by Gasteiger charge is 2.43. The van der Waals surface area contributed by atoms with Gasteiger partial charge in [0, 0.05) is 17.0 Å². The Kier molecular flexibility index (Phi) is 17.5. The number of likely N-dealkylation sites (tertiary alicyclic amines) is 1. The molecule has 4 amide bonds. The van der Waals surface area contributed by atoms with Crippen LogP contribution < -0.4 is 15.4 Å². The molecule has 2 saturated heterocycles. The number of hydrogen-bond donors (Lipinski definition) is 4. The van der Waals surface area contributed by atoms with Gasteiger partial charge in [-0.15, -0.1) is 0 Å². The number of amides is 4. The number of imidazole rings is 2. The zero-order chi connectivity index (χ0) is 49.1. The first kappa shape index (κ1) is 51.2. The highest BCUT2D eigenvalue weighted by Crippen LogP contribution is 2.44. The van der Waals surface area contributed by atoms with Crippen LogP contribution >= 0.6 is 0 Å². The average molecular weight is 937 g/mol. The molecule has 0 radical (unpaired) electrons. The van der Waals surface area contributed by atoms with E-state index in [1.165, 1.54) is 20.6 Å². The van der Waals surface area contributed by atoms with E-state index in [2.05, 4.69) is 98.5 Å². The van der Waals surface area contributed by atoms with Crippen LogP contribution in [0.2, 0.25) is 0 Å². The monoisotopic (exact) mass is 937 g/mol. The quantitative estimate of drug-likeness (QED) is 0.0883. The third-order valence-electron chi connectivity index (χ3n) is 13.0. The van der Waals surface area contributed by atoms with E-state index in [1.807, 2.05) is 24.8 Å². The van der Waals surface area contributed by atoms with Gasteiger partial charge in [0.25, 0.3) is 0 Å². The molecule has 0 saturated carbocycles. The molecule has 68 heavy (non-hydrogen) atoms. The van der Waals surface area contributed by atoms with Crippen molar-refractivity contribution in [2.45, 2.75) is 156 Å². The van der Waals surface area contributed by atoms with E-state index in [0.717, 1.165) is 106 Å². The molecule has 0 aliphatic carbocycles. The van der Waals surface area contributed by atoms with Crippen molar-refractivity contribution in [1.29, 1.82) is 0 Å². The molecule has 5 heterocycles. The van der Waals surface area contributed by atoms with Gasteiger partial charge in [-0.25, -0.2) is 19.6 Å². The first-order chi connectivity index (χ1) is 32.8. The highest BCUT2D eigenvalue weighted by atomic mass is 16.5. The van der Waals surface area contributed by atoms with Gasteiger partial charge in [-0.3, -0.25) is 9.59 Å². The van der Waals surface area contributed by atoms with Gasteiger partial charge in [0.15, 0.2) is 0 Å². The Morgan fingerprint density at radius 2 is 1.68 bits per heavy atom. The van der Waals surface area contributed by atoms with E-state index in [0.29, 0.717) is 18.9 Å². The summed E-state index contributed by atoms with van der Waals surface area (Å²) in [5.74, 6) is 1.69. The predicted molar refractivity (Wildman–Crippen MR) is 264 cm³/mol. The molecule has 4 N–H and O–H groups in total. The van der Waals surface area contributed by atoms with Gasteiger partial charge < -0.3 is 49.3 Å². The number of hydrogen-bond acceptors (Lipinski definition) is 10. The van der Waals surface area contributed by atoms with Crippen molar-refractivity contribution in [3.63, 3.8) is 0 Å². The fraction of sp³-hybridized carbons (Fsp3) is 0.538. The predicted octanol–water partition coefficient (Wildman–Crippen LogP) is 10.1. The van der Waals surface area contributed by atoms with Crippen LogP contribution in [-0.2, 0) is 37.0 Å². The topological polar surface area (TPSA) is 193 Å². The Morgan fingerprint density at radius 3 is 2.37 bits per heavy atom. The van der Waals surface area contributed by atoms with Crippen LogP contribution in [0.4, 0.5) is 9.59 Å². The van der Waals surface area contributed by atoms with Gasteiger partial charge in [0.2, 0.25) is 11.8 Å². The van der Waals surface area contributed by atoms with Gasteiger partial charge in [-0.2, -0.15) is 0 Å². The average Bonchev–Trinajstić information content (AvgIpc) is 4.11. The smallest absolute Gasteiger partial charge is 0.407 e. The minimum absolute atomic E-state index is 0.0604. The first-order valence-corrected chi connectivity index (χ1v) is 24.5. The number of methoxy groups -OCH3 is 2. The molecule has 2 aromatic heterocycles. The van der Waals surface area contributed by atoms with E-state index in [4.69, 9.17) is 28.9 Å². The summed E-state index contributed by atoms with van der Waals surface area (Å²) in [7, 11) is 2.55. The van der Waals surface area contributed by atoms with Crippen molar-refractivity contribution in [2.75, 3.05) is 27.3 Å². The van der Waals surface area contributed by atoms with Crippen LogP contribution in [-0.4, -0.2) is 105 Å². The number of aromatic nitrogens is 4. The number of rotatable bonds is 13. The molecule has 16 nitrogen and oxygen atoms in total. The summed E-state index contributed by atoms with van der Waals surface area (Å²) in [6.07, 6.45) is 8.69. The standard InChI is InChI=1S/C47H58N8O8.C3H8.C2H6/c1-7-10-31-14-17-37(55(31)42(57)24-50-46(59)61-6)44-52-35-16-13-28-20-34-32-15-12-29(19-30(32)26-62-38(34)21-33(28)43(35)53-44)36-22-48-40(51-36)25-54(41(56)23-49-45(58)60-5)39(8-2)47(4)18-9-11-27(3)63-47;1-3-2;1-2/h12-13,15-16,19-22,27,31,37,39H,7-11,14,17-18,23-26H2,1-6H3,(H,48,51)(H,49,58)(H,50,59)(H,52,53);3H2,1-2H3;1-2H3/t27-,31+,37?,39?,47-;;/m1../s1. The summed E-state index contributed by atoms with van der Waals surface area (Å²) in [5.41, 5.74) is 5.95. The van der Waals surface area contributed by atoms with E-state index >= 15 is 0 Å². The second-order valence-corrected chi connectivity index (χ2v) is 17.9. The minimum Gasteiger partial charge on any atom is -0.488 e. The van der Waals surface area contributed by atoms with Crippen LogP contribution in [0.5, 0.6) is 5.75 Å². The molecule has 5 atom stereocenters. The molecule has 3 aliphatic rings. The summed E-state index contributed by atoms with van der Waals surface area (Å²) >= 11 is 0. The third kappa shape index (κ3) is 11.2. The number of benzene rings is 3. The molecule has 2 fully saturated rings. The maximum Gasteiger partial charge on any atom is 0.407 e. The summed E-state index contributed by atoms with van der Waals surface area (Å²) in [5, 5.41) is 7.06. The molecule has 3 aromatic carbocycles. The van der Waals surface area contributed by atoms with E-state index < -0.39 is 17.8 Å². The number of nitrogens with zero attached hydrogens (tertiary/aromatic N) is 4. The molecule has 5 aromatic rings. The fourth-order valence-corrected chi connectivity index (χ4v) is 10.1. The largest absolute Gasteiger partial charge is 0.488 e. The summed E-state index contributed by atoms with van der Waals surface area (Å²) in [6, 6.07) is 14.2. The molecule has 16 heteroatoms. The molecule has 0 bridgehead atoms. The number of nitrogens with one attached hydrogen (secondary N) is 4. The van der Waals surface area contributed by atoms with Crippen LogP contribution in [0.1, 0.15) is 136 Å². The van der Waals surface area contributed by atoms with Crippen LogP contribution in [0.25, 0.3) is 44.2 Å². The summed E-state index contributed by atoms with van der Waals surface area (Å²) in [4.78, 5) is 71.5. The van der Waals surface area contributed by atoms with E-state index in [1.54, 1.807) is 11.1 Å². The Labute approximate surface area is 400 Å². The third-order valence-corrected chi connectivity index (χ3v) is 13.0. The molecular weight excluding hydrogens is 865 g/mol. The van der Waals surface area contributed by atoms with Gasteiger partial charge in [0.1, 0.15) is 37.1 Å². The number of alkyl carbamates (subject to hydrolysis) is 2. The highest BCUT2D eigenvalue weighted by molar-refractivity contribution is 6.07. The fourth-order valence-electron chi connectivity index (χ4n) is 10.1. The van der Waals surface area contributed by atoms with Crippen LogP contribution in [0.3, 0.4) is 0 Å². The SMILES string of the molecule is CC.CCC.CCC[C@H]1CCC(c2nc3c(ccc4cc5c(cc43)OCc3cc(-c4cnc(CN(C(=O)CNC(=O)OC)C(CC)[C@@]6(C)CCC[C@@H](C)O6)[nH]4)ccc3-5)[nH]2)N1C(=O)CNC(=O)OC. The number of fused-ring (bicyclic) bond motifs is 6. The number of carbonyl (C=O) groups excluding carboxylic acids is 4. The van der Waals surface area contributed by atoms with Crippen LogP contribution in [0, 0.1) is 0 Å². The van der Waals surface area contributed by atoms with Crippen molar-refractivity contribution >= 4 is 45.8 Å². The lowest BCUT2D eigenvalue weighted by atomic mass is 9.84. The molecule has 8 rings (SSSR count). The van der Waals surface area contributed by atoms with Crippen molar-refractivity contribution in [2.24, 2.45) is 0 Å². The maximum absolute atomic E-state index is 13.8. The minimum atomic E-state index is -0.669. The molecular formula is C52H72N8O8. The maximum atomic E-state index is 13.8. The molecule has 3 aliphatic heterocycles.